The van der Waals surface area contributed by atoms with E-state index in [0.717, 1.165) is 16.8 Å². The second-order valence-corrected chi connectivity index (χ2v) is 4.19. The lowest BCUT2D eigenvalue weighted by Crippen LogP contribution is -2.19. The molecule has 2 aromatic heterocycles. The van der Waals surface area contributed by atoms with Crippen molar-refractivity contribution in [1.82, 2.24) is 9.97 Å². The van der Waals surface area contributed by atoms with Gasteiger partial charge in [0, 0.05) is 35.6 Å². The SMILES string of the molecule is CCC(=O)Nc1cc(-c2cccnc2)c(C)[nH]c1=O. The summed E-state index contributed by atoms with van der Waals surface area (Å²) in [6.45, 7) is 3.55. The van der Waals surface area contributed by atoms with E-state index in [-0.39, 0.29) is 17.2 Å². The summed E-state index contributed by atoms with van der Waals surface area (Å²) in [7, 11) is 0. The van der Waals surface area contributed by atoms with Crippen molar-refractivity contribution >= 4 is 11.6 Å². The lowest BCUT2D eigenvalue weighted by atomic mass is 10.1. The average Bonchev–Trinajstić information content (AvgIpc) is 2.42. The predicted molar refractivity (Wildman–Crippen MR) is 74.0 cm³/mol. The molecule has 2 aromatic rings. The molecule has 0 aromatic carbocycles. The fourth-order valence-electron chi connectivity index (χ4n) is 1.78. The Kier molecular flexibility index (Phi) is 3.75. The third-order valence-electron chi connectivity index (χ3n) is 2.81. The summed E-state index contributed by atoms with van der Waals surface area (Å²) in [5.41, 5.74) is 2.44. The number of amides is 1. The van der Waals surface area contributed by atoms with Crippen LogP contribution < -0.4 is 10.9 Å². The van der Waals surface area contributed by atoms with Crippen LogP contribution in [-0.2, 0) is 4.79 Å². The summed E-state index contributed by atoms with van der Waals surface area (Å²) in [6, 6.07) is 5.40. The molecule has 5 nitrogen and oxygen atoms in total. The van der Waals surface area contributed by atoms with E-state index in [0.29, 0.717) is 6.42 Å². The van der Waals surface area contributed by atoms with E-state index < -0.39 is 0 Å². The Hall–Kier alpha value is -2.43. The molecule has 0 aliphatic rings. The number of rotatable bonds is 3. The van der Waals surface area contributed by atoms with Gasteiger partial charge in [0.15, 0.2) is 0 Å². The van der Waals surface area contributed by atoms with Crippen LogP contribution in [0.4, 0.5) is 5.69 Å². The van der Waals surface area contributed by atoms with Crippen molar-refractivity contribution in [3.63, 3.8) is 0 Å². The molecule has 0 saturated heterocycles. The topological polar surface area (TPSA) is 74.8 Å². The van der Waals surface area contributed by atoms with E-state index in [9.17, 15) is 9.59 Å². The summed E-state index contributed by atoms with van der Waals surface area (Å²) >= 11 is 0. The van der Waals surface area contributed by atoms with Crippen molar-refractivity contribution in [2.45, 2.75) is 20.3 Å². The van der Waals surface area contributed by atoms with Gasteiger partial charge in [-0.25, -0.2) is 0 Å². The van der Waals surface area contributed by atoms with Crippen molar-refractivity contribution < 1.29 is 4.79 Å². The lowest BCUT2D eigenvalue weighted by Gasteiger charge is -2.09. The lowest BCUT2D eigenvalue weighted by molar-refractivity contribution is -0.115. The smallest absolute Gasteiger partial charge is 0.271 e. The highest BCUT2D eigenvalue weighted by atomic mass is 16.2. The number of carbonyl (C=O) groups excluding carboxylic acids is 1. The Morgan fingerprint density at radius 3 is 2.89 bits per heavy atom. The molecule has 2 heterocycles. The molecule has 0 bridgehead atoms. The van der Waals surface area contributed by atoms with Gasteiger partial charge in [-0.3, -0.25) is 14.6 Å². The first kappa shape index (κ1) is 13.0. The standard InChI is InChI=1S/C14H15N3O2/c1-3-13(18)17-12-7-11(9(2)16-14(12)19)10-5-4-6-15-8-10/h4-8H,3H2,1-2H3,(H,16,19)(H,17,18). The fourth-order valence-corrected chi connectivity index (χ4v) is 1.78. The van der Waals surface area contributed by atoms with E-state index in [4.69, 9.17) is 0 Å². The Labute approximate surface area is 110 Å². The highest BCUT2D eigenvalue weighted by molar-refractivity contribution is 5.91. The minimum Gasteiger partial charge on any atom is -0.324 e. The molecular weight excluding hydrogens is 242 g/mol. The fraction of sp³-hybridized carbons (Fsp3) is 0.214. The molecule has 2 N–H and O–H groups in total. The van der Waals surface area contributed by atoms with Gasteiger partial charge < -0.3 is 10.3 Å². The molecule has 0 saturated carbocycles. The Morgan fingerprint density at radius 1 is 1.47 bits per heavy atom. The average molecular weight is 257 g/mol. The van der Waals surface area contributed by atoms with E-state index in [1.807, 2.05) is 19.1 Å². The first-order chi connectivity index (χ1) is 9.11. The zero-order chi connectivity index (χ0) is 13.8. The number of hydrogen-bond acceptors (Lipinski definition) is 3. The summed E-state index contributed by atoms with van der Waals surface area (Å²) in [4.78, 5) is 30.0. The van der Waals surface area contributed by atoms with Crippen molar-refractivity contribution in [2.24, 2.45) is 0 Å². The maximum absolute atomic E-state index is 11.8. The number of pyridine rings is 2. The van der Waals surface area contributed by atoms with Crippen LogP contribution in [0.5, 0.6) is 0 Å². The maximum atomic E-state index is 11.8. The van der Waals surface area contributed by atoms with E-state index >= 15 is 0 Å². The Balaban J connectivity index is 2.48. The van der Waals surface area contributed by atoms with Crippen LogP contribution in [0.25, 0.3) is 11.1 Å². The van der Waals surface area contributed by atoms with Gasteiger partial charge in [-0.1, -0.05) is 13.0 Å². The van der Waals surface area contributed by atoms with Crippen molar-refractivity contribution in [2.75, 3.05) is 5.32 Å². The highest BCUT2D eigenvalue weighted by Crippen LogP contribution is 2.22. The summed E-state index contributed by atoms with van der Waals surface area (Å²) in [6.07, 6.45) is 3.73. The number of nitrogens with zero attached hydrogens (tertiary/aromatic N) is 1. The number of hydrogen-bond donors (Lipinski definition) is 2. The highest BCUT2D eigenvalue weighted by Gasteiger charge is 2.09. The number of nitrogens with one attached hydrogen (secondary N) is 2. The van der Waals surface area contributed by atoms with Gasteiger partial charge in [0.25, 0.3) is 5.56 Å². The molecule has 19 heavy (non-hydrogen) atoms. The molecule has 0 radical (unpaired) electrons. The van der Waals surface area contributed by atoms with Crippen LogP contribution in [-0.4, -0.2) is 15.9 Å². The number of H-pyrrole nitrogens is 1. The largest absolute Gasteiger partial charge is 0.324 e. The number of carbonyl (C=O) groups is 1. The summed E-state index contributed by atoms with van der Waals surface area (Å²) in [5.74, 6) is -0.188. The number of aromatic amines is 1. The molecule has 0 aliphatic heterocycles. The van der Waals surface area contributed by atoms with Crippen LogP contribution in [0.1, 0.15) is 19.0 Å². The van der Waals surface area contributed by atoms with Crippen LogP contribution in [0, 0.1) is 6.92 Å². The molecule has 0 spiro atoms. The molecule has 0 unspecified atom stereocenters. The second-order valence-electron chi connectivity index (χ2n) is 4.19. The quantitative estimate of drug-likeness (QED) is 0.884. The zero-order valence-electron chi connectivity index (χ0n) is 10.9. The summed E-state index contributed by atoms with van der Waals surface area (Å²) in [5, 5.41) is 2.59. The van der Waals surface area contributed by atoms with E-state index in [1.165, 1.54) is 0 Å². The van der Waals surface area contributed by atoms with E-state index in [2.05, 4.69) is 15.3 Å². The molecule has 0 atom stereocenters. The first-order valence-electron chi connectivity index (χ1n) is 6.06. The number of aryl methyl sites for hydroxylation is 1. The van der Waals surface area contributed by atoms with Gasteiger partial charge in [-0.15, -0.1) is 0 Å². The first-order valence-corrected chi connectivity index (χ1v) is 6.06. The molecular formula is C14H15N3O2. The minimum absolute atomic E-state index is 0.188. The zero-order valence-corrected chi connectivity index (χ0v) is 10.9. The van der Waals surface area contributed by atoms with Gasteiger partial charge in [-0.05, 0) is 19.1 Å². The van der Waals surface area contributed by atoms with Crippen molar-refractivity contribution in [1.29, 1.82) is 0 Å². The predicted octanol–water partition coefficient (Wildman–Crippen LogP) is 2.09. The third kappa shape index (κ3) is 2.88. The van der Waals surface area contributed by atoms with Crippen molar-refractivity contribution in [3.05, 3.63) is 46.6 Å². The normalized spacial score (nSPS) is 10.2. The van der Waals surface area contributed by atoms with Crippen LogP contribution in [0.15, 0.2) is 35.4 Å². The van der Waals surface area contributed by atoms with E-state index in [1.54, 1.807) is 25.4 Å². The number of anilines is 1. The van der Waals surface area contributed by atoms with Crippen LogP contribution in [0.2, 0.25) is 0 Å². The van der Waals surface area contributed by atoms with Crippen LogP contribution >= 0.6 is 0 Å². The van der Waals surface area contributed by atoms with Crippen molar-refractivity contribution in [3.8, 4) is 11.1 Å². The second kappa shape index (κ2) is 5.48. The molecule has 2 rings (SSSR count). The Morgan fingerprint density at radius 2 is 2.26 bits per heavy atom. The molecule has 0 aliphatic carbocycles. The van der Waals surface area contributed by atoms with Gasteiger partial charge in [-0.2, -0.15) is 0 Å². The third-order valence-corrected chi connectivity index (χ3v) is 2.81. The molecule has 0 fully saturated rings. The maximum Gasteiger partial charge on any atom is 0.271 e. The molecule has 5 heteroatoms. The van der Waals surface area contributed by atoms with Gasteiger partial charge in [0.05, 0.1) is 0 Å². The van der Waals surface area contributed by atoms with Gasteiger partial charge in [0.2, 0.25) is 5.91 Å². The monoisotopic (exact) mass is 257 g/mol. The van der Waals surface area contributed by atoms with Crippen LogP contribution in [0.3, 0.4) is 0 Å². The Bertz CT molecular complexity index is 647. The minimum atomic E-state index is -0.299. The summed E-state index contributed by atoms with van der Waals surface area (Å²) < 4.78 is 0. The molecule has 98 valence electrons. The van der Waals surface area contributed by atoms with Gasteiger partial charge >= 0.3 is 0 Å². The van der Waals surface area contributed by atoms with Gasteiger partial charge in [0.1, 0.15) is 5.69 Å². The number of aromatic nitrogens is 2. The molecule has 1 amide bonds.